The molecule has 1 rings (SSSR count). The van der Waals surface area contributed by atoms with Crippen LogP contribution in [0.3, 0.4) is 0 Å². The molecule has 0 aliphatic heterocycles. The van der Waals surface area contributed by atoms with E-state index in [0.717, 1.165) is 6.42 Å². The molecule has 0 heteroatoms. The van der Waals surface area contributed by atoms with E-state index >= 15 is 0 Å². The van der Waals surface area contributed by atoms with Gasteiger partial charge in [0.2, 0.25) is 0 Å². The van der Waals surface area contributed by atoms with Crippen molar-refractivity contribution in [3.05, 3.63) is 0 Å². The summed E-state index contributed by atoms with van der Waals surface area (Å²) in [6, 6.07) is 0. The third-order valence-corrected chi connectivity index (χ3v) is 1.16. The Hall–Kier alpha value is 0. The smallest absolute Gasteiger partial charge is 0.0300 e. The fourth-order valence-corrected chi connectivity index (χ4v) is 0.744. The second kappa shape index (κ2) is 1.63. The molecule has 0 heterocycles. The minimum absolute atomic E-state index is 0.562. The van der Waals surface area contributed by atoms with E-state index in [1.54, 1.807) is 6.92 Å². The summed E-state index contributed by atoms with van der Waals surface area (Å²) in [5.74, 6) is -0.826. The van der Waals surface area contributed by atoms with Crippen molar-refractivity contribution in [2.45, 2.75) is 32.6 Å². The molecule has 0 saturated heterocycles. The van der Waals surface area contributed by atoms with Crippen LogP contribution in [0, 0.1) is 5.89 Å². The summed E-state index contributed by atoms with van der Waals surface area (Å²) >= 11 is 0. The third-order valence-electron chi connectivity index (χ3n) is 1.16. The van der Waals surface area contributed by atoms with Crippen LogP contribution in [0.1, 0.15) is 36.7 Å². The second-order valence-corrected chi connectivity index (χ2v) is 1.81. The Kier molecular flexibility index (Phi) is 0.504. The lowest BCUT2D eigenvalue weighted by Crippen LogP contribution is -1.78. The van der Waals surface area contributed by atoms with Crippen LogP contribution in [0.5, 0.6) is 0 Å². The largest absolute Gasteiger partial charge is 0.0625 e. The van der Waals surface area contributed by atoms with E-state index in [9.17, 15) is 0 Å². The van der Waals surface area contributed by atoms with Gasteiger partial charge in [-0.15, -0.1) is 0 Å². The van der Waals surface area contributed by atoms with E-state index in [2.05, 4.69) is 0 Å². The van der Waals surface area contributed by atoms with Gasteiger partial charge in [-0.2, -0.15) is 0 Å². The Morgan fingerprint density at radius 2 is 2.67 bits per heavy atom. The van der Waals surface area contributed by atoms with Crippen molar-refractivity contribution < 1.29 is 4.11 Å². The lowest BCUT2D eigenvalue weighted by atomic mass is 10.2. The molecule has 0 N–H and O–H groups in total. The van der Waals surface area contributed by atoms with Gasteiger partial charge in [0.25, 0.3) is 0 Å². The molecule has 1 aliphatic rings. The maximum absolute atomic E-state index is 7.51. The molecule has 1 saturated carbocycles. The van der Waals surface area contributed by atoms with E-state index in [-0.39, 0.29) is 0 Å². The molecule has 1 aliphatic carbocycles. The van der Waals surface area contributed by atoms with Crippen LogP contribution in [0.25, 0.3) is 0 Å². The zero-order valence-electron chi connectivity index (χ0n) is 7.12. The van der Waals surface area contributed by atoms with E-state index in [4.69, 9.17) is 4.11 Å². The zero-order valence-corrected chi connectivity index (χ0v) is 4.12. The second-order valence-electron chi connectivity index (χ2n) is 1.81. The van der Waals surface area contributed by atoms with Crippen LogP contribution in [0.15, 0.2) is 0 Å². The van der Waals surface area contributed by atoms with Gasteiger partial charge < -0.3 is 0 Å². The van der Waals surface area contributed by atoms with Crippen LogP contribution in [-0.2, 0) is 0 Å². The molecule has 6 heavy (non-hydrogen) atoms. The molecule has 1 fully saturated rings. The molecule has 0 nitrogen and oxygen atoms in total. The topological polar surface area (TPSA) is 0 Å². The summed E-state index contributed by atoms with van der Waals surface area (Å²) in [5, 5.41) is 0. The lowest BCUT2D eigenvalue weighted by Gasteiger charge is -1.91. The van der Waals surface area contributed by atoms with Crippen molar-refractivity contribution in [2.75, 3.05) is 0 Å². The van der Waals surface area contributed by atoms with Crippen molar-refractivity contribution in [1.29, 1.82) is 0 Å². The highest BCUT2D eigenvalue weighted by molar-refractivity contribution is 4.60. The monoisotopic (exact) mass is 87.1 g/mol. The first-order chi connectivity index (χ1) is 3.96. The molecule has 0 aromatic carbocycles. The van der Waals surface area contributed by atoms with Gasteiger partial charge in [0.15, 0.2) is 0 Å². The SMILES string of the molecule is [2H]C1([2H])CCCC1([2H])C. The zero-order chi connectivity index (χ0) is 7.12. The fourth-order valence-electron chi connectivity index (χ4n) is 0.744. The Morgan fingerprint density at radius 3 is 2.83 bits per heavy atom. The number of hydrogen-bond donors (Lipinski definition) is 0. The highest BCUT2D eigenvalue weighted by atomic mass is 14.1. The van der Waals surface area contributed by atoms with Crippen LogP contribution < -0.4 is 0 Å². The molecule has 0 aromatic heterocycles. The molecule has 0 bridgehead atoms. The number of hydrogen-bond acceptors (Lipinski definition) is 0. The molecule has 1 unspecified atom stereocenters. The van der Waals surface area contributed by atoms with Gasteiger partial charge in [-0.25, -0.2) is 0 Å². The average Bonchev–Trinajstić information content (AvgIpc) is 1.81. The van der Waals surface area contributed by atoms with Crippen LogP contribution >= 0.6 is 0 Å². The minimum atomic E-state index is -1.24. The van der Waals surface area contributed by atoms with Gasteiger partial charge in [0, 0.05) is 4.11 Å². The quantitative estimate of drug-likeness (QED) is 0.425. The Labute approximate surface area is 43.8 Å². The van der Waals surface area contributed by atoms with E-state index in [1.807, 2.05) is 0 Å². The van der Waals surface area contributed by atoms with Crippen LogP contribution in [0.4, 0.5) is 0 Å². The first-order valence-corrected chi connectivity index (χ1v) is 2.46. The van der Waals surface area contributed by atoms with Crippen molar-refractivity contribution in [1.82, 2.24) is 0 Å². The number of rotatable bonds is 0. The van der Waals surface area contributed by atoms with Crippen LogP contribution in [0.2, 0.25) is 0 Å². The summed E-state index contributed by atoms with van der Waals surface area (Å²) in [6.45, 7) is 1.68. The van der Waals surface area contributed by atoms with E-state index in [0.29, 0.717) is 12.8 Å². The summed E-state index contributed by atoms with van der Waals surface area (Å²) in [7, 11) is 0. The maximum Gasteiger partial charge on any atom is 0.0300 e. The third kappa shape index (κ3) is 0.735. The van der Waals surface area contributed by atoms with E-state index < -0.39 is 12.3 Å². The van der Waals surface area contributed by atoms with E-state index in [1.165, 1.54) is 0 Å². The predicted molar refractivity (Wildman–Crippen MR) is 27.6 cm³/mol. The van der Waals surface area contributed by atoms with Crippen molar-refractivity contribution in [3.8, 4) is 0 Å². The molecule has 0 aromatic rings. The average molecular weight is 87.2 g/mol. The van der Waals surface area contributed by atoms with Gasteiger partial charge in [-0.3, -0.25) is 0 Å². The first-order valence-electron chi connectivity index (χ1n) is 3.96. The van der Waals surface area contributed by atoms with Gasteiger partial charge in [-0.05, 0) is 5.89 Å². The Morgan fingerprint density at radius 1 is 1.83 bits per heavy atom. The summed E-state index contributed by atoms with van der Waals surface area (Å²) < 4.78 is 22.2. The molecule has 0 spiro atoms. The summed E-state index contributed by atoms with van der Waals surface area (Å²) in [4.78, 5) is 0. The minimum Gasteiger partial charge on any atom is -0.0625 e. The first kappa shape index (κ1) is 1.85. The fraction of sp³-hybridized carbons (Fsp3) is 1.00. The van der Waals surface area contributed by atoms with Gasteiger partial charge in [0.05, 0.1) is 0 Å². The van der Waals surface area contributed by atoms with Crippen molar-refractivity contribution in [3.63, 3.8) is 0 Å². The molecule has 0 radical (unpaired) electrons. The molecule has 36 valence electrons. The lowest BCUT2D eigenvalue weighted by molar-refractivity contribution is 0.612. The molecule has 0 amide bonds. The van der Waals surface area contributed by atoms with Crippen LogP contribution in [-0.4, -0.2) is 0 Å². The molecule has 1 atom stereocenters. The highest BCUT2D eigenvalue weighted by Crippen LogP contribution is 2.22. The van der Waals surface area contributed by atoms with Gasteiger partial charge in [0.1, 0.15) is 0 Å². The normalized spacial score (nSPS) is 62.5. The highest BCUT2D eigenvalue weighted by Gasteiger charge is 2.07. The molecular formula is C6H12. The summed E-state index contributed by atoms with van der Waals surface area (Å²) in [5.41, 5.74) is 0. The predicted octanol–water partition coefficient (Wildman–Crippen LogP) is 2.20. The summed E-state index contributed by atoms with van der Waals surface area (Å²) in [6.07, 6.45) is 0.896. The Balaban J connectivity index is 2.75. The van der Waals surface area contributed by atoms with Crippen molar-refractivity contribution in [2.24, 2.45) is 5.89 Å². The maximum atomic E-state index is 7.51. The van der Waals surface area contributed by atoms with Gasteiger partial charge in [-0.1, -0.05) is 32.6 Å². The standard InChI is InChI=1S/C6H12/c1-6-4-2-3-5-6/h6H,2-5H2,1H3/i4D2,6D. The molecular weight excluding hydrogens is 72.1 g/mol. The Bertz CT molecular complexity index is 103. The van der Waals surface area contributed by atoms with Crippen molar-refractivity contribution >= 4 is 0 Å². The van der Waals surface area contributed by atoms with Gasteiger partial charge >= 0.3 is 0 Å².